The van der Waals surface area contributed by atoms with Gasteiger partial charge in [0.2, 0.25) is 10.0 Å². The Hall–Kier alpha value is -1.64. The van der Waals surface area contributed by atoms with Crippen LogP contribution in [0.5, 0.6) is 0 Å². The summed E-state index contributed by atoms with van der Waals surface area (Å²) in [6.07, 6.45) is 1.05. The number of guanidine groups is 1. The second-order valence-electron chi connectivity index (χ2n) is 7.45. The number of hydrogen-bond donors (Lipinski definition) is 3. The maximum atomic E-state index is 12.2. The third kappa shape index (κ3) is 10.6. The first-order valence-electron chi connectivity index (χ1n) is 9.82. The van der Waals surface area contributed by atoms with Gasteiger partial charge < -0.3 is 15.4 Å². The summed E-state index contributed by atoms with van der Waals surface area (Å²) < 4.78 is 32.7. The number of benzene rings is 1. The largest absolute Gasteiger partial charge is 0.380 e. The zero-order valence-electron chi connectivity index (χ0n) is 17.8. The van der Waals surface area contributed by atoms with E-state index >= 15 is 0 Å². The summed E-state index contributed by atoms with van der Waals surface area (Å²) in [6, 6.07) is 7.40. The van der Waals surface area contributed by atoms with Crippen molar-refractivity contribution in [1.82, 2.24) is 15.4 Å². The van der Waals surface area contributed by atoms with Crippen LogP contribution >= 0.6 is 0 Å². The van der Waals surface area contributed by atoms with E-state index in [9.17, 15) is 8.42 Å². The average molecular weight is 413 g/mol. The zero-order valence-corrected chi connectivity index (χ0v) is 18.6. The molecule has 0 atom stereocenters. The van der Waals surface area contributed by atoms with E-state index in [-0.39, 0.29) is 11.8 Å². The molecule has 1 aromatic rings. The van der Waals surface area contributed by atoms with Gasteiger partial charge >= 0.3 is 0 Å². The summed E-state index contributed by atoms with van der Waals surface area (Å²) in [6.45, 7) is 10.5. The highest BCUT2D eigenvalue weighted by molar-refractivity contribution is 7.88. The lowest BCUT2D eigenvalue weighted by molar-refractivity contribution is 0.128. The van der Waals surface area contributed by atoms with Crippen LogP contribution in [0.15, 0.2) is 29.3 Å². The molecule has 160 valence electrons. The molecule has 1 aromatic carbocycles. The van der Waals surface area contributed by atoms with Crippen molar-refractivity contribution in [2.75, 3.05) is 26.8 Å². The number of nitrogens with one attached hydrogen (secondary N) is 3. The van der Waals surface area contributed by atoms with Crippen molar-refractivity contribution in [2.45, 2.75) is 52.5 Å². The van der Waals surface area contributed by atoms with Crippen LogP contribution in [-0.4, -0.2) is 47.2 Å². The third-order valence-corrected chi connectivity index (χ3v) is 5.45. The zero-order chi connectivity index (χ0) is 21.0. The van der Waals surface area contributed by atoms with Crippen LogP contribution in [-0.2, 0) is 27.1 Å². The number of rotatable bonds is 12. The quantitative estimate of drug-likeness (QED) is 0.278. The van der Waals surface area contributed by atoms with E-state index in [0.717, 1.165) is 24.2 Å². The molecule has 7 nitrogen and oxygen atoms in total. The van der Waals surface area contributed by atoms with E-state index in [2.05, 4.69) is 34.2 Å². The molecule has 0 aliphatic carbocycles. The molecule has 0 bridgehead atoms. The second kappa shape index (κ2) is 12.7. The van der Waals surface area contributed by atoms with E-state index in [1.807, 2.05) is 38.1 Å². The number of aliphatic imine (C=N–C) groups is 1. The van der Waals surface area contributed by atoms with E-state index in [1.54, 1.807) is 7.05 Å². The Balaban J connectivity index is 2.52. The lowest BCUT2D eigenvalue weighted by atomic mass is 10.1. The Morgan fingerprint density at radius 2 is 1.75 bits per heavy atom. The van der Waals surface area contributed by atoms with Crippen molar-refractivity contribution in [3.63, 3.8) is 0 Å². The topological polar surface area (TPSA) is 91.8 Å². The number of sulfonamides is 1. The van der Waals surface area contributed by atoms with Crippen molar-refractivity contribution in [2.24, 2.45) is 10.9 Å². The highest BCUT2D eigenvalue weighted by Crippen LogP contribution is 2.12. The maximum absolute atomic E-state index is 12.2. The maximum Gasteiger partial charge on any atom is 0.216 e. The van der Waals surface area contributed by atoms with Gasteiger partial charge in [0.05, 0.1) is 12.4 Å². The van der Waals surface area contributed by atoms with Gasteiger partial charge in [-0.25, -0.2) is 13.1 Å². The van der Waals surface area contributed by atoms with Gasteiger partial charge in [0, 0.05) is 32.8 Å². The van der Waals surface area contributed by atoms with Crippen molar-refractivity contribution in [3.05, 3.63) is 35.4 Å². The first-order chi connectivity index (χ1) is 13.2. The SMILES string of the molecule is CN=C(NCCOCCC(C)C)NCc1ccccc1CS(=O)(=O)NC(C)C. The molecule has 0 saturated heterocycles. The van der Waals surface area contributed by atoms with Crippen LogP contribution in [0.3, 0.4) is 0 Å². The highest BCUT2D eigenvalue weighted by Gasteiger charge is 2.15. The Morgan fingerprint density at radius 1 is 1.07 bits per heavy atom. The van der Waals surface area contributed by atoms with Crippen LogP contribution in [0.2, 0.25) is 0 Å². The summed E-state index contributed by atoms with van der Waals surface area (Å²) in [5, 5.41) is 6.43. The summed E-state index contributed by atoms with van der Waals surface area (Å²) >= 11 is 0. The highest BCUT2D eigenvalue weighted by atomic mass is 32.2. The standard InChI is InChI=1S/C20H36N4O3S/c1-16(2)10-12-27-13-11-22-20(21-5)23-14-18-8-6-7-9-19(18)15-28(25,26)24-17(3)4/h6-9,16-17,24H,10-15H2,1-5H3,(H2,21,22,23). The minimum Gasteiger partial charge on any atom is -0.380 e. The minimum absolute atomic E-state index is 0.0429. The number of nitrogens with zero attached hydrogens (tertiary/aromatic N) is 1. The van der Waals surface area contributed by atoms with Gasteiger partial charge in [-0.3, -0.25) is 4.99 Å². The molecule has 3 N–H and O–H groups in total. The second-order valence-corrected chi connectivity index (χ2v) is 9.20. The predicted molar refractivity (Wildman–Crippen MR) is 116 cm³/mol. The minimum atomic E-state index is -3.37. The van der Waals surface area contributed by atoms with Gasteiger partial charge in [0.15, 0.2) is 5.96 Å². The van der Waals surface area contributed by atoms with Crippen LogP contribution in [0, 0.1) is 5.92 Å². The molecule has 0 radical (unpaired) electrons. The fourth-order valence-corrected chi connectivity index (χ4v) is 4.03. The van der Waals surface area contributed by atoms with E-state index in [0.29, 0.717) is 31.6 Å². The van der Waals surface area contributed by atoms with Crippen LogP contribution < -0.4 is 15.4 Å². The summed E-state index contributed by atoms with van der Waals surface area (Å²) in [7, 11) is -1.66. The first-order valence-corrected chi connectivity index (χ1v) is 11.5. The molecule has 0 amide bonds. The smallest absolute Gasteiger partial charge is 0.216 e. The fourth-order valence-electron chi connectivity index (χ4n) is 2.54. The molecule has 0 aliphatic rings. The fraction of sp³-hybridized carbons (Fsp3) is 0.650. The normalized spacial score (nSPS) is 12.6. The summed E-state index contributed by atoms with van der Waals surface area (Å²) in [5.41, 5.74) is 1.70. The van der Waals surface area contributed by atoms with Gasteiger partial charge in [-0.1, -0.05) is 38.1 Å². The Labute approximate surface area is 170 Å². The third-order valence-electron chi connectivity index (χ3n) is 3.93. The van der Waals surface area contributed by atoms with Gasteiger partial charge in [-0.2, -0.15) is 0 Å². The van der Waals surface area contributed by atoms with E-state index in [1.165, 1.54) is 0 Å². The predicted octanol–water partition coefficient (Wildman–Crippen LogP) is 2.24. The molecule has 1 rings (SSSR count). The number of ether oxygens (including phenoxy) is 1. The molecular formula is C20H36N4O3S. The Kier molecular flexibility index (Phi) is 11.1. The van der Waals surface area contributed by atoms with Gasteiger partial charge in [0.1, 0.15) is 0 Å². The Bertz CT molecular complexity index is 703. The molecule has 0 spiro atoms. The lowest BCUT2D eigenvalue weighted by Gasteiger charge is -2.15. The van der Waals surface area contributed by atoms with Gasteiger partial charge in [-0.15, -0.1) is 0 Å². The lowest BCUT2D eigenvalue weighted by Crippen LogP contribution is -2.38. The van der Waals surface area contributed by atoms with Crippen molar-refractivity contribution in [1.29, 1.82) is 0 Å². The molecular weight excluding hydrogens is 376 g/mol. The van der Waals surface area contributed by atoms with Crippen LogP contribution in [0.4, 0.5) is 0 Å². The van der Waals surface area contributed by atoms with Crippen LogP contribution in [0.1, 0.15) is 45.2 Å². The Morgan fingerprint density at radius 3 is 2.36 bits per heavy atom. The average Bonchev–Trinajstić information content (AvgIpc) is 2.60. The molecule has 0 heterocycles. The van der Waals surface area contributed by atoms with Gasteiger partial charge in [0.25, 0.3) is 0 Å². The van der Waals surface area contributed by atoms with E-state index < -0.39 is 10.0 Å². The van der Waals surface area contributed by atoms with E-state index in [4.69, 9.17) is 4.74 Å². The van der Waals surface area contributed by atoms with Crippen molar-refractivity contribution >= 4 is 16.0 Å². The summed E-state index contributed by atoms with van der Waals surface area (Å²) in [5.74, 6) is 1.26. The van der Waals surface area contributed by atoms with Crippen LogP contribution in [0.25, 0.3) is 0 Å². The molecule has 28 heavy (non-hydrogen) atoms. The monoisotopic (exact) mass is 412 g/mol. The molecule has 0 aliphatic heterocycles. The first kappa shape index (κ1) is 24.4. The summed E-state index contributed by atoms with van der Waals surface area (Å²) in [4.78, 5) is 4.20. The molecule has 0 aromatic heterocycles. The van der Waals surface area contributed by atoms with Crippen molar-refractivity contribution in [3.8, 4) is 0 Å². The molecule has 0 saturated carbocycles. The number of hydrogen-bond acceptors (Lipinski definition) is 4. The molecule has 0 unspecified atom stereocenters. The van der Waals surface area contributed by atoms with Gasteiger partial charge in [-0.05, 0) is 37.3 Å². The molecule has 0 fully saturated rings. The van der Waals surface area contributed by atoms with Crippen molar-refractivity contribution < 1.29 is 13.2 Å². The molecule has 8 heteroatoms.